The number of aromatic hydroxyl groups is 1. The summed E-state index contributed by atoms with van der Waals surface area (Å²) >= 11 is 6.55. The number of rotatable bonds is 5. The summed E-state index contributed by atoms with van der Waals surface area (Å²) in [4.78, 5) is 11.6. The molecule has 0 radical (unpaired) electrons. The van der Waals surface area contributed by atoms with Gasteiger partial charge in [0.1, 0.15) is 12.4 Å². The smallest absolute Gasteiger partial charge is 0.407 e. The molecule has 0 heterocycles. The van der Waals surface area contributed by atoms with E-state index in [0.717, 1.165) is 11.1 Å². The van der Waals surface area contributed by atoms with Gasteiger partial charge in [-0.1, -0.05) is 30.3 Å². The lowest BCUT2D eigenvalue weighted by Gasteiger charge is -2.08. The van der Waals surface area contributed by atoms with E-state index in [1.165, 1.54) is 0 Å². The number of alkyl carbamates (subject to hydrolysis) is 1. The Bertz CT molecular complexity index is 624. The Balaban J connectivity index is 1.75. The van der Waals surface area contributed by atoms with Gasteiger partial charge in [0, 0.05) is 6.54 Å². The van der Waals surface area contributed by atoms with E-state index in [4.69, 9.17) is 4.74 Å². The van der Waals surface area contributed by atoms with E-state index in [1.807, 2.05) is 42.5 Å². The average molecular weight is 429 g/mol. The van der Waals surface area contributed by atoms with Gasteiger partial charge in [-0.2, -0.15) is 0 Å². The van der Waals surface area contributed by atoms with Gasteiger partial charge in [0.05, 0.1) is 8.95 Å². The highest BCUT2D eigenvalue weighted by Crippen LogP contribution is 2.33. The van der Waals surface area contributed by atoms with Crippen LogP contribution >= 0.6 is 31.9 Å². The fourth-order valence-electron chi connectivity index (χ4n) is 1.85. The maximum atomic E-state index is 11.6. The predicted octanol–water partition coefficient (Wildman–Crippen LogP) is 4.39. The molecule has 0 bridgehead atoms. The van der Waals surface area contributed by atoms with Gasteiger partial charge >= 0.3 is 6.09 Å². The minimum absolute atomic E-state index is 0.166. The van der Waals surface area contributed by atoms with E-state index in [9.17, 15) is 9.90 Å². The maximum absolute atomic E-state index is 11.6. The van der Waals surface area contributed by atoms with Gasteiger partial charge in [0.15, 0.2) is 0 Å². The van der Waals surface area contributed by atoms with E-state index in [-0.39, 0.29) is 12.4 Å². The number of carbonyl (C=O) groups excluding carboxylic acids is 1. The molecule has 0 aliphatic carbocycles. The molecule has 22 heavy (non-hydrogen) atoms. The Hall–Kier alpha value is -1.53. The highest BCUT2D eigenvalue weighted by molar-refractivity contribution is 9.11. The lowest BCUT2D eigenvalue weighted by atomic mass is 10.1. The highest BCUT2D eigenvalue weighted by Gasteiger charge is 2.07. The first kappa shape index (κ1) is 16.8. The second-order valence-corrected chi connectivity index (χ2v) is 6.36. The monoisotopic (exact) mass is 427 g/mol. The Kier molecular flexibility index (Phi) is 6.27. The molecule has 0 saturated heterocycles. The molecule has 2 N–H and O–H groups in total. The molecule has 0 fully saturated rings. The lowest BCUT2D eigenvalue weighted by Crippen LogP contribution is -2.26. The van der Waals surface area contributed by atoms with Crippen LogP contribution in [0.4, 0.5) is 4.79 Å². The summed E-state index contributed by atoms with van der Waals surface area (Å²) in [5, 5.41) is 12.3. The molecule has 0 aliphatic rings. The molecule has 2 aromatic carbocycles. The summed E-state index contributed by atoms with van der Waals surface area (Å²) in [6.45, 7) is 0.709. The Morgan fingerprint density at radius 1 is 1.09 bits per heavy atom. The highest BCUT2D eigenvalue weighted by atomic mass is 79.9. The third-order valence-corrected chi connectivity index (χ3v) is 4.18. The molecule has 0 spiro atoms. The lowest BCUT2D eigenvalue weighted by molar-refractivity contribution is 0.140. The number of benzene rings is 2. The van der Waals surface area contributed by atoms with Crippen LogP contribution in [0.5, 0.6) is 5.75 Å². The minimum atomic E-state index is -0.444. The van der Waals surface area contributed by atoms with Crippen molar-refractivity contribution < 1.29 is 14.6 Å². The molecule has 0 aliphatic heterocycles. The first-order valence-corrected chi connectivity index (χ1v) is 8.26. The Morgan fingerprint density at radius 2 is 1.73 bits per heavy atom. The standard InChI is InChI=1S/C16H15Br2NO3/c17-13-8-12(9-14(18)15(13)20)6-7-19-16(21)22-10-11-4-2-1-3-5-11/h1-5,8-9,20H,6-7,10H2,(H,19,21). The number of amides is 1. The first-order chi connectivity index (χ1) is 10.6. The Morgan fingerprint density at radius 3 is 2.36 bits per heavy atom. The third kappa shape index (κ3) is 5.03. The van der Waals surface area contributed by atoms with E-state index in [1.54, 1.807) is 0 Å². The van der Waals surface area contributed by atoms with Crippen LogP contribution in [0.2, 0.25) is 0 Å². The molecule has 6 heteroatoms. The van der Waals surface area contributed by atoms with E-state index >= 15 is 0 Å². The molecule has 2 aromatic rings. The second-order valence-electron chi connectivity index (χ2n) is 4.65. The number of hydrogen-bond donors (Lipinski definition) is 2. The summed E-state index contributed by atoms with van der Waals surface area (Å²) in [7, 11) is 0. The van der Waals surface area contributed by atoms with Crippen molar-refractivity contribution in [2.45, 2.75) is 13.0 Å². The summed E-state index contributed by atoms with van der Waals surface area (Å²) in [5.41, 5.74) is 1.93. The molecule has 1 amide bonds. The quantitative estimate of drug-likeness (QED) is 0.742. The summed E-state index contributed by atoms with van der Waals surface area (Å²) in [5.74, 6) is 0.166. The number of halogens is 2. The molecular formula is C16H15Br2NO3. The van der Waals surface area contributed by atoms with Crippen LogP contribution in [-0.4, -0.2) is 17.7 Å². The van der Waals surface area contributed by atoms with Gasteiger partial charge in [-0.3, -0.25) is 0 Å². The normalized spacial score (nSPS) is 10.3. The molecule has 0 atom stereocenters. The molecule has 0 aromatic heterocycles. The zero-order chi connectivity index (χ0) is 15.9. The third-order valence-electron chi connectivity index (χ3n) is 2.97. The van der Waals surface area contributed by atoms with Crippen LogP contribution in [0, 0.1) is 0 Å². The van der Waals surface area contributed by atoms with Crippen molar-refractivity contribution in [2.24, 2.45) is 0 Å². The van der Waals surface area contributed by atoms with Crippen LogP contribution in [0.3, 0.4) is 0 Å². The SMILES string of the molecule is O=C(NCCc1cc(Br)c(O)c(Br)c1)OCc1ccccc1. The van der Waals surface area contributed by atoms with Crippen molar-refractivity contribution in [2.75, 3.05) is 6.54 Å². The predicted molar refractivity (Wildman–Crippen MR) is 91.8 cm³/mol. The van der Waals surface area contributed by atoms with Crippen molar-refractivity contribution in [3.8, 4) is 5.75 Å². The molecule has 2 rings (SSSR count). The summed E-state index contributed by atoms with van der Waals surface area (Å²) in [6, 6.07) is 13.2. The summed E-state index contributed by atoms with van der Waals surface area (Å²) in [6.07, 6.45) is 0.193. The van der Waals surface area contributed by atoms with Gasteiger partial charge in [-0.25, -0.2) is 4.79 Å². The number of ether oxygens (including phenoxy) is 1. The van der Waals surface area contributed by atoms with Gasteiger partial charge in [-0.05, 0) is 61.5 Å². The van der Waals surface area contributed by atoms with E-state index in [2.05, 4.69) is 37.2 Å². The van der Waals surface area contributed by atoms with Crippen LogP contribution in [0.1, 0.15) is 11.1 Å². The fraction of sp³-hybridized carbons (Fsp3) is 0.188. The van der Waals surface area contributed by atoms with Crippen LogP contribution in [0.15, 0.2) is 51.4 Å². The van der Waals surface area contributed by atoms with Gasteiger partial charge in [0.25, 0.3) is 0 Å². The molecule has 0 saturated carbocycles. The van der Waals surface area contributed by atoms with E-state index < -0.39 is 6.09 Å². The van der Waals surface area contributed by atoms with Crippen molar-refractivity contribution >= 4 is 38.0 Å². The topological polar surface area (TPSA) is 58.6 Å². The number of carbonyl (C=O) groups is 1. The first-order valence-electron chi connectivity index (χ1n) is 6.67. The van der Waals surface area contributed by atoms with Crippen molar-refractivity contribution in [3.05, 3.63) is 62.5 Å². The van der Waals surface area contributed by atoms with Crippen molar-refractivity contribution in [1.82, 2.24) is 5.32 Å². The largest absolute Gasteiger partial charge is 0.506 e. The molecule has 4 nitrogen and oxygen atoms in total. The minimum Gasteiger partial charge on any atom is -0.506 e. The number of hydrogen-bond acceptors (Lipinski definition) is 3. The molecule has 0 unspecified atom stereocenters. The zero-order valence-corrected chi connectivity index (χ0v) is 14.9. The number of nitrogens with one attached hydrogen (secondary N) is 1. The number of phenols is 1. The molecular weight excluding hydrogens is 414 g/mol. The summed E-state index contributed by atoms with van der Waals surface area (Å²) < 4.78 is 6.35. The van der Waals surface area contributed by atoms with Gasteiger partial charge in [-0.15, -0.1) is 0 Å². The van der Waals surface area contributed by atoms with Crippen LogP contribution in [-0.2, 0) is 17.8 Å². The van der Waals surface area contributed by atoms with Crippen LogP contribution < -0.4 is 5.32 Å². The second kappa shape index (κ2) is 8.19. The average Bonchev–Trinajstić information content (AvgIpc) is 2.51. The van der Waals surface area contributed by atoms with Gasteiger partial charge < -0.3 is 15.2 Å². The maximum Gasteiger partial charge on any atom is 0.407 e. The van der Waals surface area contributed by atoms with Crippen molar-refractivity contribution in [3.63, 3.8) is 0 Å². The fourth-order valence-corrected chi connectivity index (χ4v) is 3.13. The zero-order valence-electron chi connectivity index (χ0n) is 11.7. The van der Waals surface area contributed by atoms with Crippen molar-refractivity contribution in [1.29, 1.82) is 0 Å². The molecule has 116 valence electrons. The number of phenolic OH excluding ortho intramolecular Hbond substituents is 1. The Labute approximate surface area is 145 Å². The van der Waals surface area contributed by atoms with Crippen LogP contribution in [0.25, 0.3) is 0 Å². The van der Waals surface area contributed by atoms with Gasteiger partial charge in [0.2, 0.25) is 0 Å². The van der Waals surface area contributed by atoms with E-state index in [0.29, 0.717) is 21.9 Å².